The Kier molecular flexibility index (Phi) is 19.7. The summed E-state index contributed by atoms with van der Waals surface area (Å²) in [4.78, 5) is 33.4. The summed E-state index contributed by atoms with van der Waals surface area (Å²) in [6.45, 7) is 7.93. The first-order valence-electron chi connectivity index (χ1n) is 19.1. The molecule has 4 amide bonds. The Morgan fingerprint density at radius 1 is 0.714 bits per heavy atom. The van der Waals surface area contributed by atoms with Crippen LogP contribution < -0.4 is 10.6 Å². The maximum Gasteiger partial charge on any atom is 0.317 e. The summed E-state index contributed by atoms with van der Waals surface area (Å²) in [7, 11) is 7.95. The van der Waals surface area contributed by atoms with Crippen molar-refractivity contribution in [1.82, 2.24) is 30.2 Å². The third-order valence-corrected chi connectivity index (χ3v) is 13.7. The lowest BCUT2D eigenvalue weighted by atomic mass is 10.0. The molecular weight excluding hydrogens is 901 g/mol. The van der Waals surface area contributed by atoms with Gasteiger partial charge in [0.15, 0.2) is 0 Å². The summed E-state index contributed by atoms with van der Waals surface area (Å²) in [5.41, 5.74) is 2.39. The van der Waals surface area contributed by atoms with Gasteiger partial charge in [-0.05, 0) is 151 Å². The Morgan fingerprint density at radius 3 is 1.52 bits per heavy atom. The number of urea groups is 2. The smallest absolute Gasteiger partial charge is 0.317 e. The van der Waals surface area contributed by atoms with E-state index in [0.29, 0.717) is 31.9 Å². The van der Waals surface area contributed by atoms with Crippen LogP contribution in [-0.2, 0) is 0 Å². The molecule has 2 N–H and O–H groups in total. The van der Waals surface area contributed by atoms with Gasteiger partial charge in [0.1, 0.15) is 0 Å². The first-order valence-corrected chi connectivity index (χ1v) is 21.7. The van der Waals surface area contributed by atoms with Crippen LogP contribution in [0.3, 0.4) is 0 Å². The lowest BCUT2D eigenvalue weighted by Gasteiger charge is -2.35. The molecule has 8 nitrogen and oxygen atoms in total. The highest BCUT2D eigenvalue weighted by molar-refractivity contribution is 14.1. The number of nitrogens with one attached hydrogen (secondary N) is 2. The van der Waals surface area contributed by atoms with Gasteiger partial charge in [-0.25, -0.2) is 9.59 Å². The number of terminal acetylenes is 1. The van der Waals surface area contributed by atoms with Crippen molar-refractivity contribution in [3.8, 4) is 24.2 Å². The normalized spacial score (nSPS) is 18.5. The molecule has 2 atom stereocenters. The molecule has 4 aliphatic rings. The molecule has 2 heterocycles. The van der Waals surface area contributed by atoms with Crippen molar-refractivity contribution in [2.75, 3.05) is 54.4 Å². The lowest BCUT2D eigenvalue weighted by molar-refractivity contribution is 0.145. The lowest BCUT2D eigenvalue weighted by Crippen LogP contribution is -2.48. The van der Waals surface area contributed by atoms with Gasteiger partial charge >= 0.3 is 12.1 Å². The fraction of sp³-hybridized carbons (Fsp3) is 0.581. The van der Waals surface area contributed by atoms with E-state index in [1.54, 1.807) is 0 Å². The maximum atomic E-state index is 12.7. The fourth-order valence-electron chi connectivity index (χ4n) is 6.35. The average Bonchev–Trinajstić information content (AvgIpc) is 4.11. The molecule has 4 fully saturated rings. The second-order valence-corrected chi connectivity index (χ2v) is 17.9. The molecule has 13 heteroatoms. The van der Waals surface area contributed by atoms with E-state index >= 15 is 0 Å². The highest BCUT2D eigenvalue weighted by atomic mass is 127. The van der Waals surface area contributed by atoms with Crippen LogP contribution in [0, 0.1) is 39.6 Å². The van der Waals surface area contributed by atoms with Crippen molar-refractivity contribution in [3.05, 3.63) is 64.6 Å². The first kappa shape index (κ1) is 48.3. The summed E-state index contributed by atoms with van der Waals surface area (Å²) >= 11 is 27.5. The largest absolute Gasteiger partial charge is 0.331 e. The Balaban J connectivity index is 0.000000265. The minimum absolute atomic E-state index is 0. The first-order chi connectivity index (χ1) is 26.1. The van der Waals surface area contributed by atoms with Crippen molar-refractivity contribution < 1.29 is 9.59 Å². The van der Waals surface area contributed by atoms with E-state index < -0.39 is 0 Å². The number of benzene rings is 2. The van der Waals surface area contributed by atoms with Gasteiger partial charge in [-0.1, -0.05) is 77.8 Å². The zero-order chi connectivity index (χ0) is 40.4. The number of amides is 4. The summed E-state index contributed by atoms with van der Waals surface area (Å²) < 4.78 is 0.903. The van der Waals surface area contributed by atoms with Gasteiger partial charge < -0.3 is 30.2 Å². The van der Waals surface area contributed by atoms with E-state index in [1.165, 1.54) is 25.7 Å². The van der Waals surface area contributed by atoms with Gasteiger partial charge in [0.05, 0.1) is 32.2 Å². The molecule has 6 rings (SSSR count). The van der Waals surface area contributed by atoms with Crippen molar-refractivity contribution in [1.29, 1.82) is 0 Å². The standard InChI is InChI=1S/C21H27Cl2N3O.C16H22Cl2IN3O.C5H6.CH4/c1-14(24-21(27)26(3)17-10-12-25(2)13-11-17)18-9-8-16(19(22)20(18)23)7-6-15-4-5-15;1-10(12-4-5-13(19)15(18)14(12)17)20-16(23)22(3)11-6-8-21(2)9-7-11;1-2-5-3-4-5;/h8-9,14-15,17H,4-5,10-13H2,1-3H3,(H,24,27);4-5,10-11H,6-9H2,1-3H3,(H,20,23);1,5H,3-4H2;1H4. The molecule has 0 spiro atoms. The van der Waals surface area contributed by atoms with Crippen molar-refractivity contribution in [3.63, 3.8) is 0 Å². The molecule has 0 bridgehead atoms. The molecule has 2 aromatic rings. The van der Waals surface area contributed by atoms with Gasteiger partial charge in [-0.15, -0.1) is 12.3 Å². The zero-order valence-electron chi connectivity index (χ0n) is 32.8. The van der Waals surface area contributed by atoms with Crippen molar-refractivity contribution in [2.45, 2.75) is 96.8 Å². The van der Waals surface area contributed by atoms with Gasteiger partial charge in [0.25, 0.3) is 0 Å². The van der Waals surface area contributed by atoms with Gasteiger partial charge in [0, 0.05) is 47.1 Å². The van der Waals surface area contributed by atoms with Crippen LogP contribution in [-0.4, -0.2) is 98.1 Å². The molecule has 0 radical (unpaired) electrons. The highest BCUT2D eigenvalue weighted by Crippen LogP contribution is 2.35. The number of hydrogen-bond donors (Lipinski definition) is 2. The van der Waals surface area contributed by atoms with Crippen LogP contribution in [0.15, 0.2) is 24.3 Å². The van der Waals surface area contributed by atoms with E-state index in [9.17, 15) is 9.59 Å². The van der Waals surface area contributed by atoms with Crippen LogP contribution in [0.5, 0.6) is 0 Å². The van der Waals surface area contributed by atoms with Crippen molar-refractivity contribution in [2.24, 2.45) is 11.8 Å². The van der Waals surface area contributed by atoms with Gasteiger partial charge in [0.2, 0.25) is 0 Å². The topological polar surface area (TPSA) is 71.2 Å². The van der Waals surface area contributed by atoms with Crippen LogP contribution in [0.2, 0.25) is 20.1 Å². The minimum atomic E-state index is -0.235. The van der Waals surface area contributed by atoms with E-state index in [-0.39, 0.29) is 43.7 Å². The minimum Gasteiger partial charge on any atom is -0.331 e. The summed E-state index contributed by atoms with van der Waals surface area (Å²) in [5.74, 6) is 10.1. The predicted molar refractivity (Wildman–Crippen MR) is 244 cm³/mol. The molecule has 0 aromatic heterocycles. The number of halogens is 5. The second kappa shape index (κ2) is 22.9. The van der Waals surface area contributed by atoms with Crippen LogP contribution >= 0.6 is 69.0 Å². The molecule has 2 aliphatic carbocycles. The quantitative estimate of drug-likeness (QED) is 0.172. The van der Waals surface area contributed by atoms with Crippen LogP contribution in [0.4, 0.5) is 9.59 Å². The van der Waals surface area contributed by atoms with E-state index in [1.807, 2.05) is 62.0 Å². The van der Waals surface area contributed by atoms with E-state index in [0.717, 1.165) is 72.1 Å². The molecular formula is C43H59Cl4IN6O2. The number of likely N-dealkylation sites (tertiary alicyclic amines) is 2. The Morgan fingerprint density at radius 2 is 1.12 bits per heavy atom. The van der Waals surface area contributed by atoms with Crippen LogP contribution in [0.25, 0.3) is 0 Å². The molecule has 2 saturated heterocycles. The van der Waals surface area contributed by atoms with Crippen molar-refractivity contribution >= 4 is 81.1 Å². The highest BCUT2D eigenvalue weighted by Gasteiger charge is 2.27. The number of carbonyl (C=O) groups excluding carboxylic acids is 2. The fourth-order valence-corrected chi connectivity index (χ4v) is 8.01. The Labute approximate surface area is 370 Å². The number of hydrogen-bond acceptors (Lipinski definition) is 4. The molecule has 2 aromatic carbocycles. The van der Waals surface area contributed by atoms with Gasteiger partial charge in [-0.3, -0.25) is 0 Å². The SMILES string of the molecule is C.C#CC1CC1.CC(NC(=O)N(C)C1CCN(C)CC1)c1ccc(C#CC2CC2)c(Cl)c1Cl.CC(NC(=O)N(C)C1CCN(C)CC1)c1ccc(I)c(Cl)c1Cl. The number of nitrogens with zero attached hydrogens (tertiary/aromatic N) is 4. The predicted octanol–water partition coefficient (Wildman–Crippen LogP) is 10.6. The third kappa shape index (κ3) is 14.3. The van der Waals surface area contributed by atoms with E-state index in [2.05, 4.69) is 74.9 Å². The van der Waals surface area contributed by atoms with Crippen LogP contribution in [0.1, 0.15) is 101 Å². The number of carbonyl (C=O) groups is 2. The molecule has 2 saturated carbocycles. The monoisotopic (exact) mass is 958 g/mol. The maximum absolute atomic E-state index is 12.7. The molecule has 2 unspecified atom stereocenters. The Bertz CT molecular complexity index is 1740. The summed E-state index contributed by atoms with van der Waals surface area (Å²) in [5, 5.41) is 8.04. The summed E-state index contributed by atoms with van der Waals surface area (Å²) in [6, 6.07) is 7.60. The average molecular weight is 961 g/mol. The molecule has 2 aliphatic heterocycles. The third-order valence-electron chi connectivity index (χ3n) is 10.7. The van der Waals surface area contributed by atoms with Gasteiger partial charge in [-0.2, -0.15) is 0 Å². The van der Waals surface area contributed by atoms with E-state index in [4.69, 9.17) is 52.8 Å². The second-order valence-electron chi connectivity index (χ2n) is 15.2. The summed E-state index contributed by atoms with van der Waals surface area (Å²) in [6.07, 6.45) is 13.9. The zero-order valence-corrected chi connectivity index (χ0v) is 38.0. The number of piperidine rings is 2. The molecule has 56 heavy (non-hydrogen) atoms. The number of rotatable bonds is 6. The Hall–Kier alpha value is -2.09. The molecule has 308 valence electrons.